The zero-order valence-electron chi connectivity index (χ0n) is 13.1. The van der Waals surface area contributed by atoms with Gasteiger partial charge in [0.05, 0.1) is 0 Å². The van der Waals surface area contributed by atoms with Crippen molar-refractivity contribution in [3.8, 4) is 5.75 Å². The highest BCUT2D eigenvalue weighted by Crippen LogP contribution is 2.09. The van der Waals surface area contributed by atoms with Crippen LogP contribution in [0.5, 0.6) is 5.75 Å². The number of hydrogen-bond acceptors (Lipinski definition) is 3. The summed E-state index contributed by atoms with van der Waals surface area (Å²) in [6, 6.07) is 15.7. The number of nitrogens with zero attached hydrogens (tertiary/aromatic N) is 1. The largest absolute Gasteiger partial charge is 0.508 e. The minimum Gasteiger partial charge on any atom is -0.508 e. The van der Waals surface area contributed by atoms with Crippen LogP contribution in [0, 0.1) is 0 Å². The Kier molecular flexibility index (Phi) is 4.16. The van der Waals surface area contributed by atoms with Crippen molar-refractivity contribution < 1.29 is 5.11 Å². The Bertz CT molecular complexity index is 1090. The summed E-state index contributed by atoms with van der Waals surface area (Å²) in [6.07, 6.45) is 3.25. The summed E-state index contributed by atoms with van der Waals surface area (Å²) in [7, 11) is 1.56. The number of aromatic amines is 1. The molecule has 3 rings (SSSR count). The van der Waals surface area contributed by atoms with E-state index in [2.05, 4.69) is 4.98 Å². The molecule has 1 aromatic heterocycles. The lowest BCUT2D eigenvalue weighted by atomic mass is 10.2. The third kappa shape index (κ3) is 3.20. The van der Waals surface area contributed by atoms with E-state index in [9.17, 15) is 14.7 Å². The monoisotopic (exact) mass is 320 g/mol. The fourth-order valence-corrected chi connectivity index (χ4v) is 2.39. The molecular formula is C19H16N2O3. The molecule has 5 nitrogen and oxygen atoms in total. The van der Waals surface area contributed by atoms with Gasteiger partial charge in [-0.15, -0.1) is 0 Å². The van der Waals surface area contributed by atoms with E-state index in [0.29, 0.717) is 5.56 Å². The topological polar surface area (TPSA) is 75.1 Å². The first-order valence-electron chi connectivity index (χ1n) is 7.41. The van der Waals surface area contributed by atoms with E-state index in [0.717, 1.165) is 5.56 Å². The first-order valence-corrected chi connectivity index (χ1v) is 7.41. The standard InChI is InChI=1S/C19H16N2O3/c1-21-17(12-14-7-9-15(22)10-8-14)18(23)20-16(19(21)24)11-13-5-3-2-4-6-13/h2-12,22H,1H3,(H,20,23)/b16-11-,17-12-. The van der Waals surface area contributed by atoms with Crippen LogP contribution in [0.1, 0.15) is 11.1 Å². The van der Waals surface area contributed by atoms with Crippen LogP contribution in [0.15, 0.2) is 64.2 Å². The average molecular weight is 320 g/mol. The summed E-state index contributed by atoms with van der Waals surface area (Å²) < 4.78 is 1.32. The Morgan fingerprint density at radius 1 is 0.917 bits per heavy atom. The van der Waals surface area contributed by atoms with Crippen LogP contribution in [0.3, 0.4) is 0 Å². The molecule has 0 fully saturated rings. The fraction of sp³-hybridized carbons (Fsp3) is 0.0526. The quantitative estimate of drug-likeness (QED) is 0.719. The van der Waals surface area contributed by atoms with Gasteiger partial charge in [0, 0.05) is 7.05 Å². The minimum absolute atomic E-state index is 0.141. The van der Waals surface area contributed by atoms with E-state index >= 15 is 0 Å². The van der Waals surface area contributed by atoms with Crippen LogP contribution in [0.4, 0.5) is 0 Å². The van der Waals surface area contributed by atoms with Crippen molar-refractivity contribution in [2.45, 2.75) is 0 Å². The molecule has 0 radical (unpaired) electrons. The molecule has 5 heteroatoms. The van der Waals surface area contributed by atoms with Gasteiger partial charge >= 0.3 is 0 Å². The average Bonchev–Trinajstić information content (AvgIpc) is 2.59. The lowest BCUT2D eigenvalue weighted by molar-refractivity contribution is 0.475. The van der Waals surface area contributed by atoms with Crippen LogP contribution in [-0.2, 0) is 7.05 Å². The van der Waals surface area contributed by atoms with Gasteiger partial charge in [0.15, 0.2) is 0 Å². The molecule has 0 aliphatic rings. The van der Waals surface area contributed by atoms with Gasteiger partial charge in [-0.05, 0) is 35.4 Å². The lowest BCUT2D eigenvalue weighted by Crippen LogP contribution is -2.52. The number of H-pyrrole nitrogens is 1. The van der Waals surface area contributed by atoms with E-state index in [1.165, 1.54) is 16.7 Å². The highest BCUT2D eigenvalue weighted by molar-refractivity contribution is 5.50. The Hall–Kier alpha value is -3.34. The highest BCUT2D eigenvalue weighted by Gasteiger charge is 2.01. The van der Waals surface area contributed by atoms with Gasteiger partial charge in [0.2, 0.25) is 0 Å². The van der Waals surface area contributed by atoms with E-state index in [1.54, 1.807) is 31.3 Å². The molecule has 0 aliphatic carbocycles. The molecular weight excluding hydrogens is 304 g/mol. The maximum Gasteiger partial charge on any atom is 0.274 e. The van der Waals surface area contributed by atoms with Crippen molar-refractivity contribution in [1.82, 2.24) is 9.55 Å². The zero-order valence-corrected chi connectivity index (χ0v) is 13.1. The number of phenols is 1. The van der Waals surface area contributed by atoms with Crippen molar-refractivity contribution in [1.29, 1.82) is 0 Å². The molecule has 0 amide bonds. The first kappa shape index (κ1) is 15.6. The second-order valence-electron chi connectivity index (χ2n) is 5.41. The van der Waals surface area contributed by atoms with Crippen LogP contribution in [0.2, 0.25) is 0 Å². The molecule has 0 bridgehead atoms. The summed E-state index contributed by atoms with van der Waals surface area (Å²) >= 11 is 0. The molecule has 0 unspecified atom stereocenters. The summed E-state index contributed by atoms with van der Waals surface area (Å²) in [4.78, 5) is 27.5. The third-order valence-corrected chi connectivity index (χ3v) is 3.68. The van der Waals surface area contributed by atoms with Crippen LogP contribution in [0.25, 0.3) is 12.2 Å². The summed E-state index contributed by atoms with van der Waals surface area (Å²) in [5.74, 6) is 0.141. The second kappa shape index (κ2) is 6.42. The SMILES string of the molecule is Cn1c(=O)/c(=C/c2ccccc2)[nH]c(=O)/c1=C/c1ccc(O)cc1. The zero-order chi connectivity index (χ0) is 17.1. The van der Waals surface area contributed by atoms with Crippen molar-refractivity contribution in [2.75, 3.05) is 0 Å². The molecule has 0 saturated heterocycles. The van der Waals surface area contributed by atoms with Gasteiger partial charge in [-0.2, -0.15) is 0 Å². The molecule has 120 valence electrons. The summed E-state index contributed by atoms with van der Waals surface area (Å²) in [5, 5.41) is 9.79. The normalized spacial score (nSPS) is 12.5. The molecule has 0 spiro atoms. The predicted molar refractivity (Wildman–Crippen MR) is 93.2 cm³/mol. The number of benzene rings is 2. The number of aromatic nitrogens is 2. The Morgan fingerprint density at radius 2 is 1.54 bits per heavy atom. The van der Waals surface area contributed by atoms with Crippen LogP contribution in [-0.4, -0.2) is 14.7 Å². The van der Waals surface area contributed by atoms with Crippen molar-refractivity contribution in [3.05, 3.63) is 97.1 Å². The Morgan fingerprint density at radius 3 is 2.21 bits per heavy atom. The van der Waals surface area contributed by atoms with E-state index in [4.69, 9.17) is 0 Å². The van der Waals surface area contributed by atoms with Crippen LogP contribution < -0.4 is 21.8 Å². The van der Waals surface area contributed by atoms with Gasteiger partial charge in [-0.3, -0.25) is 9.59 Å². The van der Waals surface area contributed by atoms with E-state index in [-0.39, 0.29) is 27.6 Å². The van der Waals surface area contributed by atoms with Gasteiger partial charge in [0.25, 0.3) is 11.1 Å². The van der Waals surface area contributed by atoms with Gasteiger partial charge in [-0.25, -0.2) is 0 Å². The Balaban J connectivity index is 2.20. The molecule has 3 aromatic rings. The molecule has 24 heavy (non-hydrogen) atoms. The van der Waals surface area contributed by atoms with Gasteiger partial charge < -0.3 is 14.7 Å². The van der Waals surface area contributed by atoms with E-state index in [1.807, 2.05) is 30.3 Å². The van der Waals surface area contributed by atoms with Crippen molar-refractivity contribution in [2.24, 2.45) is 7.05 Å². The number of phenolic OH excluding ortho intramolecular Hbond substituents is 1. The van der Waals surface area contributed by atoms with Crippen LogP contribution >= 0.6 is 0 Å². The fourth-order valence-electron chi connectivity index (χ4n) is 2.39. The molecule has 0 aliphatic heterocycles. The molecule has 0 saturated carbocycles. The summed E-state index contributed by atoms with van der Waals surface area (Å²) in [6.45, 7) is 0. The Labute approximate surface area is 137 Å². The first-order chi connectivity index (χ1) is 11.5. The minimum atomic E-state index is -0.354. The molecule has 1 heterocycles. The number of aromatic hydroxyl groups is 1. The molecule has 2 aromatic carbocycles. The maximum absolute atomic E-state index is 12.5. The molecule has 2 N–H and O–H groups in total. The lowest BCUT2D eigenvalue weighted by Gasteiger charge is -2.00. The smallest absolute Gasteiger partial charge is 0.274 e. The van der Waals surface area contributed by atoms with Gasteiger partial charge in [0.1, 0.15) is 16.4 Å². The highest BCUT2D eigenvalue weighted by atomic mass is 16.3. The second-order valence-corrected chi connectivity index (χ2v) is 5.41. The molecule has 0 atom stereocenters. The van der Waals surface area contributed by atoms with Crippen molar-refractivity contribution in [3.63, 3.8) is 0 Å². The summed E-state index contributed by atoms with van der Waals surface area (Å²) in [5.41, 5.74) is 0.907. The van der Waals surface area contributed by atoms with E-state index < -0.39 is 0 Å². The number of hydrogen-bond donors (Lipinski definition) is 2. The van der Waals surface area contributed by atoms with Gasteiger partial charge in [-0.1, -0.05) is 42.5 Å². The number of nitrogens with one attached hydrogen (secondary N) is 1. The maximum atomic E-state index is 12.5. The predicted octanol–water partition coefficient (Wildman–Crippen LogP) is 0.437. The van der Waals surface area contributed by atoms with Crippen molar-refractivity contribution >= 4 is 12.2 Å². The third-order valence-electron chi connectivity index (χ3n) is 3.68. The number of rotatable bonds is 2.